The molecule has 226 valence electrons. The maximum Gasteiger partial charge on any atom is 0.251 e. The van der Waals surface area contributed by atoms with Crippen molar-refractivity contribution in [2.45, 2.75) is 63.5 Å². The third-order valence-electron chi connectivity index (χ3n) is 8.77. The number of benzene rings is 1. The number of hydrogen-bond acceptors (Lipinski definition) is 9. The number of alkyl halides is 2. The van der Waals surface area contributed by atoms with Gasteiger partial charge in [0.2, 0.25) is 16.0 Å². The van der Waals surface area contributed by atoms with Crippen molar-refractivity contribution in [3.8, 4) is 17.1 Å². The number of aliphatic hydroxyl groups excluding tert-OH is 1. The molecule has 3 aliphatic rings. The quantitative estimate of drug-likeness (QED) is 0.396. The Balaban J connectivity index is 1.31. The highest BCUT2D eigenvalue weighted by Crippen LogP contribution is 2.54. The number of halogens is 2. The standard InChI is InChI=1S/C28H36F2N8O3S/c1-19-15-22(32-26(31-19)37-13-9-28(29,30)10-14-37)23-17-38(35-33-23)24-4-3-21(34-42(40,41)20(2)18-39)16-25(24)36-11-7-27(5-6-27)8-12-36/h3-4,15-17,20,34,39H,5-14,18H2,1-2H3/t20-/m0/s1. The number of nitrogens with one attached hydrogen (secondary N) is 1. The highest BCUT2D eigenvalue weighted by atomic mass is 32.2. The van der Waals surface area contributed by atoms with Crippen molar-refractivity contribution in [2.24, 2.45) is 5.41 Å². The lowest BCUT2D eigenvalue weighted by atomic mass is 9.93. The molecule has 2 N–H and O–H groups in total. The number of nitrogens with zero attached hydrogens (tertiary/aromatic N) is 7. The molecule has 1 aromatic carbocycles. The molecule has 1 atom stereocenters. The molecule has 1 spiro atoms. The second-order valence-electron chi connectivity index (χ2n) is 11.9. The lowest BCUT2D eigenvalue weighted by molar-refractivity contribution is -0.0222. The summed E-state index contributed by atoms with van der Waals surface area (Å²) in [7, 11) is -3.77. The van der Waals surface area contributed by atoms with Gasteiger partial charge in [0.15, 0.2) is 0 Å². The molecule has 14 heteroatoms. The number of aromatic nitrogens is 5. The number of hydrogen-bond donors (Lipinski definition) is 2. The first-order chi connectivity index (χ1) is 20.0. The van der Waals surface area contributed by atoms with E-state index < -0.39 is 27.8 Å². The van der Waals surface area contributed by atoms with Gasteiger partial charge in [0.05, 0.1) is 35.6 Å². The molecule has 0 bridgehead atoms. The van der Waals surface area contributed by atoms with E-state index in [0.717, 1.165) is 37.3 Å². The summed E-state index contributed by atoms with van der Waals surface area (Å²) in [6.45, 7) is 4.85. The van der Waals surface area contributed by atoms with Crippen molar-refractivity contribution in [3.63, 3.8) is 0 Å². The molecule has 2 aromatic heterocycles. The molecule has 0 amide bonds. The first-order valence-electron chi connectivity index (χ1n) is 14.4. The molecule has 1 saturated carbocycles. The summed E-state index contributed by atoms with van der Waals surface area (Å²) in [5.41, 5.74) is 4.17. The largest absolute Gasteiger partial charge is 0.395 e. The van der Waals surface area contributed by atoms with E-state index in [2.05, 4.69) is 29.9 Å². The summed E-state index contributed by atoms with van der Waals surface area (Å²) < 4.78 is 57.0. The normalized spacial score (nSPS) is 20.5. The van der Waals surface area contributed by atoms with Crippen LogP contribution in [0.3, 0.4) is 0 Å². The van der Waals surface area contributed by atoms with E-state index in [1.807, 2.05) is 13.0 Å². The van der Waals surface area contributed by atoms with Gasteiger partial charge in [0.25, 0.3) is 5.92 Å². The SMILES string of the molecule is Cc1cc(-c2cn(-c3ccc(NS(=O)(=O)[C@@H](C)CO)cc3N3CCC4(CC3)CC4)nn2)nc(N2CCC(F)(F)CC2)n1. The smallest absolute Gasteiger partial charge is 0.251 e. The van der Waals surface area contributed by atoms with E-state index in [1.165, 1.54) is 19.8 Å². The minimum absolute atomic E-state index is 0.177. The molecule has 0 unspecified atom stereocenters. The van der Waals surface area contributed by atoms with Gasteiger partial charge in [-0.2, -0.15) is 0 Å². The molecule has 4 heterocycles. The Morgan fingerprint density at radius 3 is 2.31 bits per heavy atom. The third kappa shape index (κ3) is 5.91. The van der Waals surface area contributed by atoms with Crippen LogP contribution in [0.25, 0.3) is 17.1 Å². The number of aryl methyl sites for hydroxylation is 1. The highest BCUT2D eigenvalue weighted by Gasteiger charge is 2.44. The second kappa shape index (κ2) is 10.7. The van der Waals surface area contributed by atoms with Gasteiger partial charge in [-0.25, -0.2) is 31.8 Å². The predicted octanol–water partition coefficient (Wildman–Crippen LogP) is 3.77. The van der Waals surface area contributed by atoms with Gasteiger partial charge in [-0.05, 0) is 69.2 Å². The molecular formula is C28H36F2N8O3S. The number of anilines is 3. The summed E-state index contributed by atoms with van der Waals surface area (Å²) in [5.74, 6) is -2.27. The van der Waals surface area contributed by atoms with Gasteiger partial charge < -0.3 is 14.9 Å². The second-order valence-corrected chi connectivity index (χ2v) is 14.0. The van der Waals surface area contributed by atoms with Crippen LogP contribution < -0.4 is 14.5 Å². The number of piperidine rings is 2. The molecule has 2 aliphatic heterocycles. The van der Waals surface area contributed by atoms with Gasteiger partial charge in [-0.3, -0.25) is 4.72 Å². The van der Waals surface area contributed by atoms with Gasteiger partial charge >= 0.3 is 0 Å². The average molecular weight is 603 g/mol. The van der Waals surface area contributed by atoms with Crippen LogP contribution >= 0.6 is 0 Å². The van der Waals surface area contributed by atoms with Crippen molar-refractivity contribution in [3.05, 3.63) is 36.2 Å². The van der Waals surface area contributed by atoms with Gasteiger partial charge in [-0.15, -0.1) is 5.10 Å². The first kappa shape index (κ1) is 28.7. The van der Waals surface area contributed by atoms with Crippen molar-refractivity contribution in [1.82, 2.24) is 25.0 Å². The molecule has 42 heavy (non-hydrogen) atoms. The van der Waals surface area contributed by atoms with E-state index >= 15 is 0 Å². The zero-order valence-corrected chi connectivity index (χ0v) is 24.6. The summed E-state index contributed by atoms with van der Waals surface area (Å²) in [6.07, 6.45) is 5.98. The first-order valence-corrected chi connectivity index (χ1v) is 15.9. The van der Waals surface area contributed by atoms with Gasteiger partial charge in [0.1, 0.15) is 10.9 Å². The third-order valence-corrected chi connectivity index (χ3v) is 10.5. The van der Waals surface area contributed by atoms with Crippen LogP contribution in [0.2, 0.25) is 0 Å². The van der Waals surface area contributed by atoms with Gasteiger partial charge in [0, 0.05) is 44.7 Å². The molecule has 3 fully saturated rings. The Kier molecular flexibility index (Phi) is 7.32. The zero-order chi connectivity index (χ0) is 29.7. The lowest BCUT2D eigenvalue weighted by Gasteiger charge is -2.35. The van der Waals surface area contributed by atoms with E-state index in [-0.39, 0.29) is 25.9 Å². The van der Waals surface area contributed by atoms with Crippen LogP contribution in [0, 0.1) is 12.3 Å². The fraction of sp³-hybridized carbons (Fsp3) is 0.571. The minimum atomic E-state index is -3.77. The fourth-order valence-electron chi connectivity index (χ4n) is 5.65. The highest BCUT2D eigenvalue weighted by molar-refractivity contribution is 7.93. The molecule has 11 nitrogen and oxygen atoms in total. The Morgan fingerprint density at radius 2 is 1.64 bits per heavy atom. The van der Waals surface area contributed by atoms with E-state index in [1.54, 1.807) is 34.0 Å². The Morgan fingerprint density at radius 1 is 0.952 bits per heavy atom. The van der Waals surface area contributed by atoms with E-state index in [4.69, 9.17) is 0 Å². The number of aliphatic hydroxyl groups is 1. The van der Waals surface area contributed by atoms with Crippen LogP contribution in [0.4, 0.5) is 26.1 Å². The maximum absolute atomic E-state index is 13.7. The summed E-state index contributed by atoms with van der Waals surface area (Å²) in [6, 6.07) is 7.08. The number of rotatable bonds is 8. The Labute approximate surface area is 244 Å². The van der Waals surface area contributed by atoms with Crippen molar-refractivity contribution in [1.29, 1.82) is 0 Å². The van der Waals surface area contributed by atoms with E-state index in [0.29, 0.717) is 34.1 Å². The van der Waals surface area contributed by atoms with Crippen LogP contribution in [0.1, 0.15) is 51.1 Å². The molecule has 3 aromatic rings. The Hall–Kier alpha value is -3.39. The summed E-state index contributed by atoms with van der Waals surface area (Å²) in [5, 5.41) is 17.2. The predicted molar refractivity (Wildman–Crippen MR) is 156 cm³/mol. The fourth-order valence-corrected chi connectivity index (χ4v) is 6.51. The number of sulfonamides is 1. The van der Waals surface area contributed by atoms with Crippen molar-refractivity contribution in [2.75, 3.05) is 47.3 Å². The topological polar surface area (TPSA) is 129 Å². The van der Waals surface area contributed by atoms with Crippen LogP contribution in [0.15, 0.2) is 30.5 Å². The molecule has 2 saturated heterocycles. The average Bonchev–Trinajstić information content (AvgIpc) is 3.52. The van der Waals surface area contributed by atoms with Gasteiger partial charge in [-0.1, -0.05) is 5.21 Å². The summed E-state index contributed by atoms with van der Waals surface area (Å²) >= 11 is 0. The van der Waals surface area contributed by atoms with Crippen molar-refractivity contribution < 1.29 is 22.3 Å². The molecular weight excluding hydrogens is 566 g/mol. The van der Waals surface area contributed by atoms with Crippen LogP contribution in [-0.4, -0.2) is 82.4 Å². The van der Waals surface area contributed by atoms with E-state index in [9.17, 15) is 22.3 Å². The monoisotopic (exact) mass is 602 g/mol. The maximum atomic E-state index is 13.7. The molecule has 1 aliphatic carbocycles. The van der Waals surface area contributed by atoms with Crippen molar-refractivity contribution >= 4 is 27.3 Å². The van der Waals surface area contributed by atoms with Crippen LogP contribution in [-0.2, 0) is 10.0 Å². The molecule has 0 radical (unpaired) electrons. The summed E-state index contributed by atoms with van der Waals surface area (Å²) in [4.78, 5) is 13.2. The van der Waals surface area contributed by atoms with Crippen LogP contribution in [0.5, 0.6) is 0 Å². The lowest BCUT2D eigenvalue weighted by Crippen LogP contribution is -2.40. The molecule has 6 rings (SSSR count). The zero-order valence-electron chi connectivity index (χ0n) is 23.8. The minimum Gasteiger partial charge on any atom is -0.395 e. The Bertz CT molecular complexity index is 1560.